The van der Waals surface area contributed by atoms with E-state index in [4.69, 9.17) is 25.7 Å². The molecule has 3 aromatic heterocycles. The first kappa shape index (κ1) is 22.7. The van der Waals surface area contributed by atoms with Gasteiger partial charge >= 0.3 is 5.63 Å². The number of rotatable bonds is 3. The molecule has 1 atom stereocenters. The Kier molecular flexibility index (Phi) is 5.09. The molecule has 186 valence electrons. The van der Waals surface area contributed by atoms with Gasteiger partial charge in [0, 0.05) is 5.56 Å². The Hall–Kier alpha value is -4.49. The van der Waals surface area contributed by atoms with Crippen LogP contribution in [0.1, 0.15) is 47.9 Å². The number of aromatic nitrogens is 4. The van der Waals surface area contributed by atoms with E-state index >= 15 is 0 Å². The Morgan fingerprint density at radius 2 is 1.71 bits per heavy atom. The molecule has 0 fully saturated rings. The van der Waals surface area contributed by atoms with Crippen LogP contribution >= 0.6 is 11.6 Å². The molecule has 4 heterocycles. The van der Waals surface area contributed by atoms with Crippen molar-refractivity contribution in [2.24, 2.45) is 0 Å². The van der Waals surface area contributed by atoms with Crippen LogP contribution in [-0.2, 0) is 0 Å². The highest BCUT2D eigenvalue weighted by atomic mass is 35.5. The molecule has 8 heteroatoms. The van der Waals surface area contributed by atoms with Crippen LogP contribution in [0.25, 0.3) is 28.0 Å². The van der Waals surface area contributed by atoms with E-state index in [9.17, 15) is 4.79 Å². The molecular weight excluding hydrogens is 500 g/mol. The molecule has 0 saturated heterocycles. The molecule has 6 aromatic rings. The van der Waals surface area contributed by atoms with Crippen LogP contribution in [0.5, 0.6) is 11.6 Å². The third-order valence-corrected chi connectivity index (χ3v) is 7.34. The van der Waals surface area contributed by atoms with E-state index in [0.717, 1.165) is 5.56 Å². The highest BCUT2D eigenvalue weighted by Crippen LogP contribution is 2.49. The van der Waals surface area contributed by atoms with E-state index in [0.29, 0.717) is 61.7 Å². The van der Waals surface area contributed by atoms with Gasteiger partial charge in [-0.05, 0) is 41.3 Å². The number of ether oxygens (including phenoxy) is 1. The highest BCUT2D eigenvalue weighted by Gasteiger charge is 2.37. The second-order valence-electron chi connectivity index (χ2n) is 9.63. The SMILES string of the molecule is CC(C)c1ccc(C2c3c(c4ccccc4oc3=O)Oc3ncn4nc(-c5ccccc5Cl)nc4c32)cc1. The van der Waals surface area contributed by atoms with Crippen molar-refractivity contribution in [3.05, 3.63) is 117 Å². The quantitative estimate of drug-likeness (QED) is 0.234. The van der Waals surface area contributed by atoms with Crippen molar-refractivity contribution in [2.75, 3.05) is 0 Å². The monoisotopic (exact) mass is 520 g/mol. The summed E-state index contributed by atoms with van der Waals surface area (Å²) in [4.78, 5) is 23.0. The Morgan fingerprint density at radius 3 is 2.50 bits per heavy atom. The minimum Gasteiger partial charge on any atom is -0.437 e. The summed E-state index contributed by atoms with van der Waals surface area (Å²) in [6.07, 6.45) is 1.57. The molecule has 7 rings (SSSR count). The minimum absolute atomic E-state index is 0.371. The lowest BCUT2D eigenvalue weighted by atomic mass is 9.83. The Morgan fingerprint density at radius 1 is 0.947 bits per heavy atom. The zero-order valence-electron chi connectivity index (χ0n) is 20.6. The van der Waals surface area contributed by atoms with Crippen LogP contribution in [0, 0.1) is 0 Å². The smallest absolute Gasteiger partial charge is 0.344 e. The van der Waals surface area contributed by atoms with Gasteiger partial charge in [-0.25, -0.2) is 19.3 Å². The van der Waals surface area contributed by atoms with Crippen molar-refractivity contribution in [1.29, 1.82) is 0 Å². The Balaban J connectivity index is 1.53. The minimum atomic E-state index is -0.532. The molecule has 0 saturated carbocycles. The summed E-state index contributed by atoms with van der Waals surface area (Å²) in [5.74, 6) is 1.11. The summed E-state index contributed by atoms with van der Waals surface area (Å²) in [7, 11) is 0. The second kappa shape index (κ2) is 8.53. The lowest BCUT2D eigenvalue weighted by Gasteiger charge is -2.27. The third kappa shape index (κ3) is 3.43. The molecule has 0 aliphatic carbocycles. The van der Waals surface area contributed by atoms with Crippen LogP contribution in [0.2, 0.25) is 5.02 Å². The molecule has 38 heavy (non-hydrogen) atoms. The fourth-order valence-electron chi connectivity index (χ4n) is 5.09. The molecule has 0 radical (unpaired) electrons. The van der Waals surface area contributed by atoms with Crippen molar-refractivity contribution in [3.63, 3.8) is 0 Å². The number of halogens is 1. The molecule has 0 bridgehead atoms. The lowest BCUT2D eigenvalue weighted by molar-refractivity contribution is 0.422. The Labute approximate surface area is 222 Å². The summed E-state index contributed by atoms with van der Waals surface area (Å²) in [6, 6.07) is 23.0. The maximum atomic E-state index is 13.5. The summed E-state index contributed by atoms with van der Waals surface area (Å²) in [5, 5.41) is 5.89. The largest absolute Gasteiger partial charge is 0.437 e. The van der Waals surface area contributed by atoms with Gasteiger partial charge in [0.15, 0.2) is 17.2 Å². The van der Waals surface area contributed by atoms with E-state index in [-0.39, 0.29) is 0 Å². The van der Waals surface area contributed by atoms with Crippen molar-refractivity contribution in [2.45, 2.75) is 25.7 Å². The maximum Gasteiger partial charge on any atom is 0.344 e. The second-order valence-corrected chi connectivity index (χ2v) is 10.0. The fraction of sp³-hybridized carbons (Fsp3) is 0.133. The van der Waals surface area contributed by atoms with Crippen LogP contribution in [0.4, 0.5) is 0 Å². The molecule has 7 nitrogen and oxygen atoms in total. The van der Waals surface area contributed by atoms with Gasteiger partial charge in [0.2, 0.25) is 5.88 Å². The number of fused-ring (bicyclic) bond motifs is 6. The molecule has 0 amide bonds. The van der Waals surface area contributed by atoms with E-state index in [2.05, 4.69) is 36.1 Å². The molecule has 1 unspecified atom stereocenters. The summed E-state index contributed by atoms with van der Waals surface area (Å²) >= 11 is 6.45. The van der Waals surface area contributed by atoms with Gasteiger partial charge in [0.05, 0.1) is 27.5 Å². The first-order valence-corrected chi connectivity index (χ1v) is 12.7. The highest BCUT2D eigenvalue weighted by molar-refractivity contribution is 6.33. The first-order chi connectivity index (χ1) is 18.5. The average molecular weight is 521 g/mol. The normalized spacial score (nSPS) is 14.5. The van der Waals surface area contributed by atoms with Crippen molar-refractivity contribution in [1.82, 2.24) is 19.6 Å². The van der Waals surface area contributed by atoms with E-state index in [1.165, 1.54) is 5.56 Å². The number of benzene rings is 3. The van der Waals surface area contributed by atoms with Crippen molar-refractivity contribution < 1.29 is 9.15 Å². The lowest BCUT2D eigenvalue weighted by Crippen LogP contribution is -2.22. The summed E-state index contributed by atoms with van der Waals surface area (Å²) < 4.78 is 13.7. The van der Waals surface area contributed by atoms with E-state index in [1.807, 2.05) is 48.5 Å². The molecule has 1 aliphatic rings. The standard InChI is InChI=1S/C30H21ClN4O3/c1-16(2)17-11-13-18(14-12-17)23-24-26(20-8-4-6-10-22(20)37-30(24)36)38-29-25(23)28-33-27(34-35(28)15-32-29)19-7-3-5-9-21(19)31/h3-16,23H,1-2H3. The van der Waals surface area contributed by atoms with Gasteiger partial charge in [-0.15, -0.1) is 5.10 Å². The number of nitrogens with zero attached hydrogens (tertiary/aromatic N) is 4. The molecule has 0 N–H and O–H groups in total. The molecule has 3 aromatic carbocycles. The van der Waals surface area contributed by atoms with E-state index < -0.39 is 11.5 Å². The van der Waals surface area contributed by atoms with E-state index in [1.54, 1.807) is 23.0 Å². The Bertz CT molecular complexity index is 1930. The van der Waals surface area contributed by atoms with Gasteiger partial charge in [0.1, 0.15) is 11.9 Å². The summed E-state index contributed by atoms with van der Waals surface area (Å²) in [5.41, 5.74) is 4.38. The van der Waals surface area contributed by atoms with Gasteiger partial charge in [0.25, 0.3) is 0 Å². The van der Waals surface area contributed by atoms with Crippen molar-refractivity contribution >= 4 is 28.2 Å². The average Bonchev–Trinajstić information content (AvgIpc) is 3.37. The fourth-order valence-corrected chi connectivity index (χ4v) is 5.31. The number of hydrogen-bond donors (Lipinski definition) is 0. The first-order valence-electron chi connectivity index (χ1n) is 12.3. The van der Waals surface area contributed by atoms with Gasteiger partial charge < -0.3 is 9.15 Å². The third-order valence-electron chi connectivity index (χ3n) is 7.01. The predicted molar refractivity (Wildman–Crippen MR) is 145 cm³/mol. The summed E-state index contributed by atoms with van der Waals surface area (Å²) in [6.45, 7) is 4.30. The van der Waals surface area contributed by atoms with Crippen molar-refractivity contribution in [3.8, 4) is 23.0 Å². The van der Waals surface area contributed by atoms with Gasteiger partial charge in [-0.2, -0.15) is 0 Å². The molecule has 0 spiro atoms. The number of para-hydroxylation sites is 1. The number of hydrogen-bond acceptors (Lipinski definition) is 6. The van der Waals surface area contributed by atoms with Crippen LogP contribution in [0.3, 0.4) is 0 Å². The molecular formula is C30H21ClN4O3. The van der Waals surface area contributed by atoms with Gasteiger partial charge in [-0.1, -0.05) is 74.0 Å². The zero-order chi connectivity index (χ0) is 26.0. The van der Waals surface area contributed by atoms with Crippen LogP contribution in [-0.4, -0.2) is 19.6 Å². The topological polar surface area (TPSA) is 82.5 Å². The maximum absolute atomic E-state index is 13.5. The predicted octanol–water partition coefficient (Wildman–Crippen LogP) is 6.96. The molecule has 1 aliphatic heterocycles. The van der Waals surface area contributed by atoms with Gasteiger partial charge in [-0.3, -0.25) is 0 Å². The van der Waals surface area contributed by atoms with Crippen LogP contribution in [0.15, 0.2) is 88.3 Å². The van der Waals surface area contributed by atoms with Crippen LogP contribution < -0.4 is 10.4 Å². The zero-order valence-corrected chi connectivity index (χ0v) is 21.3.